The molecule has 1 aliphatic heterocycles. The Kier molecular flexibility index (Phi) is 1.93. The Labute approximate surface area is 72.5 Å². The smallest absolute Gasteiger partial charge is 0.142 e. The first-order chi connectivity index (χ1) is 5.77. The molecule has 0 spiro atoms. The van der Waals surface area contributed by atoms with Crippen molar-refractivity contribution in [2.45, 2.75) is 32.5 Å². The molecule has 1 fully saturated rings. The van der Waals surface area contributed by atoms with Gasteiger partial charge in [0.2, 0.25) is 0 Å². The van der Waals surface area contributed by atoms with Crippen molar-refractivity contribution >= 4 is 0 Å². The third-order valence-electron chi connectivity index (χ3n) is 2.11. The fraction of sp³-hybridized carbons (Fsp3) is 0.600. The highest BCUT2D eigenvalue weighted by molar-refractivity contribution is 5.09. The summed E-state index contributed by atoms with van der Waals surface area (Å²) in [6.07, 6.45) is 3.47. The molecule has 0 aliphatic carbocycles. The Morgan fingerprint density at radius 1 is 1.50 bits per heavy atom. The molecule has 0 unspecified atom stereocenters. The van der Waals surface area contributed by atoms with E-state index in [1.807, 2.05) is 12.1 Å². The first-order valence-electron chi connectivity index (χ1n) is 4.46. The number of hydrogen-bond acceptors (Lipinski definition) is 2. The lowest BCUT2D eigenvalue weighted by Gasteiger charge is -1.97. The Bertz CT molecular complexity index is 238. The van der Waals surface area contributed by atoms with Crippen LogP contribution in [0.25, 0.3) is 0 Å². The average Bonchev–Trinajstić information content (AvgIpc) is 2.59. The number of hydrogen-bond donors (Lipinski definition) is 0. The molecule has 2 nitrogen and oxygen atoms in total. The number of furan rings is 1. The lowest BCUT2D eigenvalue weighted by atomic mass is 10.1. The van der Waals surface area contributed by atoms with Gasteiger partial charge in [0, 0.05) is 0 Å². The van der Waals surface area contributed by atoms with Crippen LogP contribution in [0, 0.1) is 5.92 Å². The normalized spacial score (nSPS) is 27.9. The lowest BCUT2D eigenvalue weighted by molar-refractivity contribution is 0.331. The fourth-order valence-corrected chi connectivity index (χ4v) is 1.49. The highest BCUT2D eigenvalue weighted by atomic mass is 16.6. The van der Waals surface area contributed by atoms with Gasteiger partial charge in [-0.3, -0.25) is 0 Å². The molecule has 2 atom stereocenters. The maximum Gasteiger partial charge on any atom is 0.142 e. The van der Waals surface area contributed by atoms with Crippen molar-refractivity contribution in [2.24, 2.45) is 5.92 Å². The van der Waals surface area contributed by atoms with Crippen LogP contribution in [0.2, 0.25) is 0 Å². The molecule has 0 aromatic carbocycles. The zero-order valence-electron chi connectivity index (χ0n) is 7.49. The molecule has 12 heavy (non-hydrogen) atoms. The van der Waals surface area contributed by atoms with E-state index in [0.29, 0.717) is 12.0 Å². The Morgan fingerprint density at radius 3 is 2.92 bits per heavy atom. The third kappa shape index (κ3) is 1.53. The molecular weight excluding hydrogens is 152 g/mol. The molecule has 0 N–H and O–H groups in total. The van der Waals surface area contributed by atoms with Gasteiger partial charge in [0.25, 0.3) is 0 Å². The number of ether oxygens (including phenoxy) is 1. The van der Waals surface area contributed by atoms with Gasteiger partial charge in [-0.05, 0) is 24.5 Å². The predicted molar refractivity (Wildman–Crippen MR) is 45.8 cm³/mol. The van der Waals surface area contributed by atoms with Crippen molar-refractivity contribution in [3.63, 3.8) is 0 Å². The molecule has 0 bridgehead atoms. The summed E-state index contributed by atoms with van der Waals surface area (Å²) in [5.41, 5.74) is 0. The second-order valence-electron chi connectivity index (χ2n) is 3.74. The van der Waals surface area contributed by atoms with Crippen LogP contribution >= 0.6 is 0 Å². The first-order valence-corrected chi connectivity index (χ1v) is 4.46. The summed E-state index contributed by atoms with van der Waals surface area (Å²) in [5.74, 6) is 1.68. The molecule has 2 heteroatoms. The maximum atomic E-state index is 5.48. The summed E-state index contributed by atoms with van der Waals surface area (Å²) in [6.45, 7) is 4.42. The SMILES string of the molecule is CC(C)C[C@@H]1O[C@@H]1c1ccco1. The van der Waals surface area contributed by atoms with Gasteiger partial charge in [-0.15, -0.1) is 0 Å². The van der Waals surface area contributed by atoms with Crippen LogP contribution in [0.4, 0.5) is 0 Å². The lowest BCUT2D eigenvalue weighted by Crippen LogP contribution is -1.94. The van der Waals surface area contributed by atoms with E-state index in [9.17, 15) is 0 Å². The summed E-state index contributed by atoms with van der Waals surface area (Å²) in [7, 11) is 0. The molecule has 1 saturated heterocycles. The summed E-state index contributed by atoms with van der Waals surface area (Å²) in [5, 5.41) is 0. The zero-order valence-corrected chi connectivity index (χ0v) is 7.49. The standard InChI is InChI=1S/C10H14O2/c1-7(2)6-9-10(12-9)8-4-3-5-11-8/h3-5,7,9-10H,6H2,1-2H3/t9-,10+/m0/s1. The summed E-state index contributed by atoms with van der Waals surface area (Å²) < 4.78 is 10.7. The zero-order chi connectivity index (χ0) is 8.55. The number of epoxide rings is 1. The molecule has 1 aromatic heterocycles. The van der Waals surface area contributed by atoms with Crippen LogP contribution in [0.5, 0.6) is 0 Å². The minimum atomic E-state index is 0.238. The van der Waals surface area contributed by atoms with E-state index in [0.717, 1.165) is 12.2 Å². The highest BCUT2D eigenvalue weighted by Crippen LogP contribution is 2.42. The Hall–Kier alpha value is -0.760. The molecule has 66 valence electrons. The third-order valence-corrected chi connectivity index (χ3v) is 2.11. The van der Waals surface area contributed by atoms with E-state index < -0.39 is 0 Å². The maximum absolute atomic E-state index is 5.48. The molecule has 0 saturated carbocycles. The Morgan fingerprint density at radius 2 is 2.33 bits per heavy atom. The molecule has 2 rings (SSSR count). The topological polar surface area (TPSA) is 25.7 Å². The number of rotatable bonds is 3. The van der Waals surface area contributed by atoms with Gasteiger partial charge in [-0.25, -0.2) is 0 Å². The summed E-state index contributed by atoms with van der Waals surface area (Å²) in [6, 6.07) is 3.88. The van der Waals surface area contributed by atoms with Gasteiger partial charge in [-0.1, -0.05) is 13.8 Å². The first kappa shape index (κ1) is 7.87. The van der Waals surface area contributed by atoms with Crippen molar-refractivity contribution in [2.75, 3.05) is 0 Å². The summed E-state index contributed by atoms with van der Waals surface area (Å²) in [4.78, 5) is 0. The molecule has 0 radical (unpaired) electrons. The molecule has 1 aromatic rings. The molecular formula is C10H14O2. The summed E-state index contributed by atoms with van der Waals surface area (Å²) >= 11 is 0. The molecule has 0 amide bonds. The minimum absolute atomic E-state index is 0.238. The second kappa shape index (κ2) is 2.94. The van der Waals surface area contributed by atoms with Crippen molar-refractivity contribution in [3.8, 4) is 0 Å². The van der Waals surface area contributed by atoms with Crippen molar-refractivity contribution in [3.05, 3.63) is 24.2 Å². The predicted octanol–water partition coefficient (Wildman–Crippen LogP) is 2.77. The average molecular weight is 166 g/mol. The van der Waals surface area contributed by atoms with Gasteiger partial charge < -0.3 is 9.15 Å². The van der Waals surface area contributed by atoms with Crippen LogP contribution in [-0.2, 0) is 4.74 Å². The van der Waals surface area contributed by atoms with E-state index in [4.69, 9.17) is 9.15 Å². The monoisotopic (exact) mass is 166 g/mol. The van der Waals surface area contributed by atoms with Crippen LogP contribution < -0.4 is 0 Å². The highest BCUT2D eigenvalue weighted by Gasteiger charge is 2.42. The van der Waals surface area contributed by atoms with E-state index in [2.05, 4.69) is 13.8 Å². The van der Waals surface area contributed by atoms with Crippen LogP contribution in [0.1, 0.15) is 32.1 Å². The van der Waals surface area contributed by atoms with Gasteiger partial charge in [-0.2, -0.15) is 0 Å². The quantitative estimate of drug-likeness (QED) is 0.645. The van der Waals surface area contributed by atoms with Crippen LogP contribution in [0.15, 0.2) is 22.8 Å². The van der Waals surface area contributed by atoms with Gasteiger partial charge in [0.15, 0.2) is 0 Å². The van der Waals surface area contributed by atoms with E-state index in [-0.39, 0.29) is 6.10 Å². The minimum Gasteiger partial charge on any atom is -0.466 e. The van der Waals surface area contributed by atoms with Gasteiger partial charge >= 0.3 is 0 Å². The van der Waals surface area contributed by atoms with Gasteiger partial charge in [0.05, 0.1) is 12.4 Å². The van der Waals surface area contributed by atoms with Crippen molar-refractivity contribution in [1.82, 2.24) is 0 Å². The van der Waals surface area contributed by atoms with E-state index in [1.54, 1.807) is 6.26 Å². The molecule has 2 heterocycles. The largest absolute Gasteiger partial charge is 0.466 e. The van der Waals surface area contributed by atoms with Crippen molar-refractivity contribution in [1.29, 1.82) is 0 Å². The van der Waals surface area contributed by atoms with Crippen molar-refractivity contribution < 1.29 is 9.15 Å². The fourth-order valence-electron chi connectivity index (χ4n) is 1.49. The van der Waals surface area contributed by atoms with E-state index in [1.165, 1.54) is 0 Å². The second-order valence-corrected chi connectivity index (χ2v) is 3.74. The van der Waals surface area contributed by atoms with E-state index >= 15 is 0 Å². The van der Waals surface area contributed by atoms with Crippen LogP contribution in [0.3, 0.4) is 0 Å². The van der Waals surface area contributed by atoms with Crippen LogP contribution in [-0.4, -0.2) is 6.10 Å². The van der Waals surface area contributed by atoms with Gasteiger partial charge in [0.1, 0.15) is 11.9 Å². The Balaban J connectivity index is 1.88. The molecule has 1 aliphatic rings.